The second-order valence-electron chi connectivity index (χ2n) is 3.58. The van der Waals surface area contributed by atoms with Crippen LogP contribution in [0.2, 0.25) is 0 Å². The van der Waals surface area contributed by atoms with E-state index in [-0.39, 0.29) is 4.47 Å². The molecule has 0 fully saturated rings. The normalized spacial score (nSPS) is 11.6. The fraction of sp³-hybridized carbons (Fsp3) is 0.182. The molecule has 1 heterocycles. The van der Waals surface area contributed by atoms with Gasteiger partial charge in [0.05, 0.1) is 12.1 Å². The zero-order valence-electron chi connectivity index (χ0n) is 9.05. The molecular weight excluding hydrogens is 311 g/mol. The van der Waals surface area contributed by atoms with Gasteiger partial charge in [-0.05, 0) is 18.2 Å². The van der Waals surface area contributed by atoms with Crippen LogP contribution in [0.25, 0.3) is 0 Å². The third-order valence-electron chi connectivity index (χ3n) is 2.29. The van der Waals surface area contributed by atoms with E-state index in [9.17, 15) is 13.2 Å². The molecule has 0 aliphatic rings. The maximum Gasteiger partial charge on any atom is 0.417 e. The van der Waals surface area contributed by atoms with Crippen molar-refractivity contribution in [3.05, 3.63) is 46.5 Å². The number of anilines is 1. The quantitative estimate of drug-likeness (QED) is 0.903. The Kier molecular flexibility index (Phi) is 3.60. The molecule has 18 heavy (non-hydrogen) atoms. The van der Waals surface area contributed by atoms with E-state index < -0.39 is 11.7 Å². The van der Waals surface area contributed by atoms with E-state index in [4.69, 9.17) is 0 Å². The van der Waals surface area contributed by atoms with Gasteiger partial charge in [-0.25, -0.2) is 4.98 Å². The molecule has 0 bridgehead atoms. The van der Waals surface area contributed by atoms with Crippen LogP contribution in [-0.2, 0) is 12.7 Å². The molecule has 1 aromatic heterocycles. The zero-order valence-corrected chi connectivity index (χ0v) is 10.6. The fourth-order valence-electron chi connectivity index (χ4n) is 1.43. The molecule has 0 atom stereocenters. The van der Waals surface area contributed by atoms with E-state index in [0.29, 0.717) is 18.1 Å². The first-order valence-corrected chi connectivity index (χ1v) is 5.85. The molecule has 0 saturated heterocycles. The molecule has 2 aromatic rings. The minimum absolute atomic E-state index is 0.0264. The van der Waals surface area contributed by atoms with Gasteiger partial charge in [-0.1, -0.05) is 15.9 Å². The van der Waals surface area contributed by atoms with Crippen molar-refractivity contribution in [1.82, 2.24) is 9.97 Å². The number of nitrogens with zero attached hydrogens (tertiary/aromatic N) is 1. The Labute approximate surface area is 110 Å². The van der Waals surface area contributed by atoms with Crippen molar-refractivity contribution in [3.8, 4) is 0 Å². The first-order valence-electron chi connectivity index (χ1n) is 5.05. The number of nitrogens with one attached hydrogen (secondary N) is 2. The maximum atomic E-state index is 12.7. The Morgan fingerprint density at radius 3 is 2.72 bits per heavy atom. The summed E-state index contributed by atoms with van der Waals surface area (Å²) >= 11 is 2.89. The third kappa shape index (κ3) is 3.04. The summed E-state index contributed by atoms with van der Waals surface area (Å²) in [5.41, 5.74) is -0.311. The first-order chi connectivity index (χ1) is 8.47. The lowest BCUT2D eigenvalue weighted by atomic mass is 10.2. The van der Waals surface area contributed by atoms with Crippen LogP contribution in [0, 0.1) is 0 Å². The van der Waals surface area contributed by atoms with Crippen LogP contribution in [0.5, 0.6) is 0 Å². The largest absolute Gasteiger partial charge is 0.417 e. The molecule has 2 rings (SSSR count). The molecule has 1 aromatic carbocycles. The molecule has 3 nitrogen and oxygen atoms in total. The summed E-state index contributed by atoms with van der Waals surface area (Å²) in [5.74, 6) is 0.659. The predicted octanol–water partition coefficient (Wildman–Crippen LogP) is 3.80. The molecule has 0 amide bonds. The number of aromatic nitrogens is 2. The van der Waals surface area contributed by atoms with E-state index in [2.05, 4.69) is 31.2 Å². The summed E-state index contributed by atoms with van der Waals surface area (Å²) in [6.07, 6.45) is -1.14. The van der Waals surface area contributed by atoms with Crippen molar-refractivity contribution < 1.29 is 13.2 Å². The topological polar surface area (TPSA) is 40.7 Å². The number of H-pyrrole nitrogens is 1. The van der Waals surface area contributed by atoms with Gasteiger partial charge in [-0.3, -0.25) is 0 Å². The Morgan fingerprint density at radius 1 is 1.33 bits per heavy atom. The number of aromatic amines is 1. The monoisotopic (exact) mass is 319 g/mol. The molecule has 0 radical (unpaired) electrons. The van der Waals surface area contributed by atoms with E-state index in [1.165, 1.54) is 6.07 Å². The summed E-state index contributed by atoms with van der Waals surface area (Å²) in [4.78, 5) is 6.83. The van der Waals surface area contributed by atoms with E-state index in [1.54, 1.807) is 18.5 Å². The SMILES string of the molecule is FC(F)(F)c1cc(NCc2ncc[nH]2)ccc1Br. The van der Waals surface area contributed by atoms with Gasteiger partial charge in [0.15, 0.2) is 0 Å². The third-order valence-corrected chi connectivity index (χ3v) is 2.98. The molecule has 0 unspecified atom stereocenters. The van der Waals surface area contributed by atoms with Crippen molar-refractivity contribution in [2.45, 2.75) is 12.7 Å². The number of alkyl halides is 3. The van der Waals surface area contributed by atoms with Gasteiger partial charge in [0, 0.05) is 22.6 Å². The van der Waals surface area contributed by atoms with Crippen molar-refractivity contribution in [1.29, 1.82) is 0 Å². The summed E-state index contributed by atoms with van der Waals surface area (Å²) in [6.45, 7) is 0.339. The van der Waals surface area contributed by atoms with E-state index >= 15 is 0 Å². The molecular formula is C11H9BrF3N3. The van der Waals surface area contributed by atoms with Gasteiger partial charge in [0.25, 0.3) is 0 Å². The molecule has 0 saturated carbocycles. The lowest BCUT2D eigenvalue weighted by molar-refractivity contribution is -0.138. The Balaban J connectivity index is 2.15. The molecule has 96 valence electrons. The van der Waals surface area contributed by atoms with Crippen LogP contribution in [0.15, 0.2) is 35.1 Å². The van der Waals surface area contributed by atoms with Crippen LogP contribution in [0.4, 0.5) is 18.9 Å². The highest BCUT2D eigenvalue weighted by atomic mass is 79.9. The minimum Gasteiger partial charge on any atom is -0.378 e. The molecule has 0 spiro atoms. The molecule has 0 aliphatic carbocycles. The number of halogens is 4. The summed E-state index contributed by atoms with van der Waals surface area (Å²) in [6, 6.07) is 4.00. The van der Waals surface area contributed by atoms with Crippen molar-refractivity contribution in [3.63, 3.8) is 0 Å². The van der Waals surface area contributed by atoms with E-state index in [1.807, 2.05) is 0 Å². The standard InChI is InChI=1S/C11H9BrF3N3/c12-9-2-1-7(5-8(9)11(13,14)15)18-6-10-16-3-4-17-10/h1-5,18H,6H2,(H,16,17). The number of imidazole rings is 1. The highest BCUT2D eigenvalue weighted by molar-refractivity contribution is 9.10. The number of hydrogen-bond donors (Lipinski definition) is 2. The summed E-state index contributed by atoms with van der Waals surface area (Å²) in [5, 5.41) is 2.87. The summed E-state index contributed by atoms with van der Waals surface area (Å²) < 4.78 is 38.0. The molecule has 0 aliphatic heterocycles. The van der Waals surface area contributed by atoms with Crippen molar-refractivity contribution in [2.24, 2.45) is 0 Å². The Bertz CT molecular complexity index is 523. The highest BCUT2D eigenvalue weighted by Crippen LogP contribution is 2.36. The lowest BCUT2D eigenvalue weighted by Gasteiger charge is -2.12. The van der Waals surface area contributed by atoms with Crippen LogP contribution >= 0.6 is 15.9 Å². The van der Waals surface area contributed by atoms with Gasteiger partial charge in [-0.2, -0.15) is 13.2 Å². The van der Waals surface area contributed by atoms with Crippen LogP contribution in [0.1, 0.15) is 11.4 Å². The van der Waals surface area contributed by atoms with E-state index in [0.717, 1.165) is 6.07 Å². The average molecular weight is 320 g/mol. The Hall–Kier alpha value is -1.50. The molecule has 7 heteroatoms. The first kappa shape index (κ1) is 12.9. The summed E-state index contributed by atoms with van der Waals surface area (Å²) in [7, 11) is 0. The van der Waals surface area contributed by atoms with Crippen LogP contribution < -0.4 is 5.32 Å². The molecule has 2 N–H and O–H groups in total. The van der Waals surface area contributed by atoms with Gasteiger partial charge >= 0.3 is 6.18 Å². The van der Waals surface area contributed by atoms with Crippen LogP contribution in [0.3, 0.4) is 0 Å². The highest BCUT2D eigenvalue weighted by Gasteiger charge is 2.33. The second-order valence-corrected chi connectivity index (χ2v) is 4.44. The number of benzene rings is 1. The van der Waals surface area contributed by atoms with Crippen molar-refractivity contribution >= 4 is 21.6 Å². The minimum atomic E-state index is -4.37. The number of rotatable bonds is 3. The second kappa shape index (κ2) is 5.01. The van der Waals surface area contributed by atoms with Crippen molar-refractivity contribution in [2.75, 3.05) is 5.32 Å². The van der Waals surface area contributed by atoms with Crippen LogP contribution in [-0.4, -0.2) is 9.97 Å². The fourth-order valence-corrected chi connectivity index (χ4v) is 1.90. The van der Waals surface area contributed by atoms with Gasteiger partial charge in [0.1, 0.15) is 5.82 Å². The maximum absolute atomic E-state index is 12.7. The predicted molar refractivity (Wildman–Crippen MR) is 65.1 cm³/mol. The Morgan fingerprint density at radius 2 is 2.11 bits per heavy atom. The number of hydrogen-bond acceptors (Lipinski definition) is 2. The zero-order chi connectivity index (χ0) is 13.2. The smallest absolute Gasteiger partial charge is 0.378 e. The lowest BCUT2D eigenvalue weighted by Crippen LogP contribution is -2.08. The average Bonchev–Trinajstić information content (AvgIpc) is 2.79. The van der Waals surface area contributed by atoms with Gasteiger partial charge < -0.3 is 10.3 Å². The van der Waals surface area contributed by atoms with Gasteiger partial charge in [0.2, 0.25) is 0 Å². The van der Waals surface area contributed by atoms with Gasteiger partial charge in [-0.15, -0.1) is 0 Å².